The number of aromatic nitrogens is 2. The molecule has 1 saturated heterocycles. The maximum atomic E-state index is 13.0. The summed E-state index contributed by atoms with van der Waals surface area (Å²) >= 11 is 0. The molecular formula is C28H35N5O. The molecule has 1 fully saturated rings. The van der Waals surface area contributed by atoms with Crippen molar-refractivity contribution in [2.45, 2.75) is 47.5 Å². The van der Waals surface area contributed by atoms with Crippen molar-refractivity contribution >= 4 is 17.5 Å². The van der Waals surface area contributed by atoms with E-state index in [1.807, 2.05) is 43.0 Å². The van der Waals surface area contributed by atoms with Crippen molar-refractivity contribution in [3.8, 4) is 11.4 Å². The van der Waals surface area contributed by atoms with Crippen molar-refractivity contribution in [1.82, 2.24) is 14.9 Å². The van der Waals surface area contributed by atoms with Crippen LogP contribution >= 0.6 is 0 Å². The van der Waals surface area contributed by atoms with E-state index in [4.69, 9.17) is 9.97 Å². The molecule has 0 spiro atoms. The third kappa shape index (κ3) is 4.91. The van der Waals surface area contributed by atoms with Crippen molar-refractivity contribution in [3.05, 3.63) is 70.4 Å². The molecule has 0 aliphatic carbocycles. The molecule has 2 amide bonds. The first-order chi connectivity index (χ1) is 16.2. The van der Waals surface area contributed by atoms with Gasteiger partial charge in [-0.2, -0.15) is 0 Å². The second kappa shape index (κ2) is 9.84. The monoisotopic (exact) mass is 457 g/mol. The smallest absolute Gasteiger partial charge is 0.321 e. The van der Waals surface area contributed by atoms with E-state index < -0.39 is 0 Å². The summed E-state index contributed by atoms with van der Waals surface area (Å²) in [6.07, 6.45) is 0. The summed E-state index contributed by atoms with van der Waals surface area (Å²) in [5.74, 6) is 2.07. The zero-order valence-corrected chi connectivity index (χ0v) is 21.1. The molecule has 0 radical (unpaired) electrons. The molecule has 0 unspecified atom stereocenters. The van der Waals surface area contributed by atoms with Gasteiger partial charge >= 0.3 is 6.03 Å². The Morgan fingerprint density at radius 3 is 2.18 bits per heavy atom. The van der Waals surface area contributed by atoms with E-state index in [-0.39, 0.29) is 6.03 Å². The summed E-state index contributed by atoms with van der Waals surface area (Å²) in [7, 11) is 0. The molecule has 34 heavy (non-hydrogen) atoms. The highest BCUT2D eigenvalue weighted by atomic mass is 16.2. The molecule has 1 aromatic heterocycles. The Balaban J connectivity index is 1.55. The summed E-state index contributed by atoms with van der Waals surface area (Å²) in [4.78, 5) is 27.1. The first kappa shape index (κ1) is 23.7. The average Bonchev–Trinajstić information content (AvgIpc) is 2.80. The van der Waals surface area contributed by atoms with Gasteiger partial charge in [0.1, 0.15) is 5.82 Å². The van der Waals surface area contributed by atoms with Gasteiger partial charge in [0, 0.05) is 48.7 Å². The first-order valence-corrected chi connectivity index (χ1v) is 12.1. The Hall–Kier alpha value is -3.41. The maximum Gasteiger partial charge on any atom is 0.321 e. The molecule has 0 bridgehead atoms. The van der Waals surface area contributed by atoms with Crippen LogP contribution in [0.2, 0.25) is 0 Å². The quantitative estimate of drug-likeness (QED) is 0.533. The van der Waals surface area contributed by atoms with Crippen molar-refractivity contribution in [2.75, 3.05) is 36.4 Å². The van der Waals surface area contributed by atoms with Gasteiger partial charge in [-0.3, -0.25) is 0 Å². The standard InChI is InChI=1S/C28H35N5O/c1-18(2)24-22(6)29-26(23-12-7-9-19(3)17-23)31-27(24)32-13-15-33(16-14-32)28(34)30-25-20(4)10-8-11-21(25)5/h7-12,17-18H,13-16H2,1-6H3,(H,30,34). The van der Waals surface area contributed by atoms with E-state index in [2.05, 4.69) is 56.1 Å². The van der Waals surface area contributed by atoms with Crippen LogP contribution in [0.3, 0.4) is 0 Å². The molecule has 0 atom stereocenters. The molecule has 4 rings (SSSR count). The van der Waals surface area contributed by atoms with E-state index in [0.29, 0.717) is 19.0 Å². The number of hydrogen-bond acceptors (Lipinski definition) is 4. The fourth-order valence-electron chi connectivity index (χ4n) is 4.72. The third-order valence-corrected chi connectivity index (χ3v) is 6.55. The first-order valence-electron chi connectivity index (χ1n) is 12.1. The number of nitrogens with zero attached hydrogens (tertiary/aromatic N) is 4. The van der Waals surface area contributed by atoms with Gasteiger partial charge in [0.2, 0.25) is 0 Å². The lowest BCUT2D eigenvalue weighted by molar-refractivity contribution is 0.208. The predicted molar refractivity (Wildman–Crippen MR) is 140 cm³/mol. The van der Waals surface area contributed by atoms with Gasteiger partial charge in [-0.05, 0) is 50.8 Å². The fraction of sp³-hybridized carbons (Fsp3) is 0.393. The van der Waals surface area contributed by atoms with Crippen LogP contribution in [0.5, 0.6) is 0 Å². The molecule has 6 heteroatoms. The van der Waals surface area contributed by atoms with Gasteiger partial charge in [0.15, 0.2) is 5.82 Å². The van der Waals surface area contributed by atoms with Crippen LogP contribution < -0.4 is 10.2 Å². The zero-order chi connectivity index (χ0) is 24.4. The minimum atomic E-state index is -0.0412. The molecule has 1 aliphatic heterocycles. The SMILES string of the molecule is Cc1cccc(-c2nc(C)c(C(C)C)c(N3CCN(C(=O)Nc4c(C)cccc4C)CC3)n2)c1. The second-order valence-corrected chi connectivity index (χ2v) is 9.57. The lowest BCUT2D eigenvalue weighted by Crippen LogP contribution is -2.50. The van der Waals surface area contributed by atoms with Gasteiger partial charge in [-0.1, -0.05) is 55.8 Å². The number of carbonyl (C=O) groups excluding carboxylic acids is 1. The molecule has 3 aromatic rings. The van der Waals surface area contributed by atoms with Crippen LogP contribution in [0.15, 0.2) is 42.5 Å². The number of hydrogen-bond donors (Lipinski definition) is 1. The van der Waals surface area contributed by atoms with Crippen LogP contribution in [0.1, 0.15) is 47.7 Å². The van der Waals surface area contributed by atoms with E-state index >= 15 is 0 Å². The Morgan fingerprint density at radius 1 is 0.912 bits per heavy atom. The Labute approximate surface area is 203 Å². The van der Waals surface area contributed by atoms with Crippen LogP contribution in [0.4, 0.5) is 16.3 Å². The van der Waals surface area contributed by atoms with Crippen LogP contribution in [0.25, 0.3) is 11.4 Å². The minimum absolute atomic E-state index is 0.0412. The highest BCUT2D eigenvalue weighted by molar-refractivity contribution is 5.91. The number of carbonyl (C=O) groups is 1. The predicted octanol–water partition coefficient (Wildman–Crippen LogP) is 5.85. The Bertz CT molecular complexity index is 1180. The van der Waals surface area contributed by atoms with Gasteiger partial charge in [0.25, 0.3) is 0 Å². The van der Waals surface area contributed by atoms with Crippen molar-refractivity contribution in [1.29, 1.82) is 0 Å². The van der Waals surface area contributed by atoms with Crippen LogP contribution in [0, 0.1) is 27.7 Å². The lowest BCUT2D eigenvalue weighted by Gasteiger charge is -2.37. The van der Waals surface area contributed by atoms with E-state index in [1.54, 1.807) is 0 Å². The van der Waals surface area contributed by atoms with Crippen molar-refractivity contribution in [2.24, 2.45) is 0 Å². The largest absolute Gasteiger partial charge is 0.353 e. The molecule has 6 nitrogen and oxygen atoms in total. The molecule has 0 saturated carbocycles. The maximum absolute atomic E-state index is 13.0. The Kier molecular flexibility index (Phi) is 6.87. The van der Waals surface area contributed by atoms with Crippen LogP contribution in [-0.2, 0) is 0 Å². The van der Waals surface area contributed by atoms with Crippen molar-refractivity contribution in [3.63, 3.8) is 0 Å². The third-order valence-electron chi connectivity index (χ3n) is 6.55. The van der Waals surface area contributed by atoms with Crippen molar-refractivity contribution < 1.29 is 4.79 Å². The zero-order valence-electron chi connectivity index (χ0n) is 21.1. The number of anilines is 2. The normalized spacial score (nSPS) is 14.0. The second-order valence-electron chi connectivity index (χ2n) is 9.57. The van der Waals surface area contributed by atoms with Gasteiger partial charge < -0.3 is 15.1 Å². The van der Waals surface area contributed by atoms with Gasteiger partial charge in [-0.25, -0.2) is 14.8 Å². The number of para-hydroxylation sites is 1. The van der Waals surface area contributed by atoms with Gasteiger partial charge in [0.05, 0.1) is 0 Å². The highest BCUT2D eigenvalue weighted by Gasteiger charge is 2.26. The number of piperazine rings is 1. The summed E-state index contributed by atoms with van der Waals surface area (Å²) in [5.41, 5.74) is 7.49. The topological polar surface area (TPSA) is 61.4 Å². The number of urea groups is 1. The van der Waals surface area contributed by atoms with E-state index in [9.17, 15) is 4.79 Å². The number of benzene rings is 2. The number of nitrogens with one attached hydrogen (secondary N) is 1. The molecule has 2 heterocycles. The van der Waals surface area contributed by atoms with E-state index in [0.717, 1.165) is 52.8 Å². The van der Waals surface area contributed by atoms with Crippen LogP contribution in [-0.4, -0.2) is 47.1 Å². The highest BCUT2D eigenvalue weighted by Crippen LogP contribution is 2.31. The number of amides is 2. The number of rotatable bonds is 4. The number of aryl methyl sites for hydroxylation is 4. The lowest BCUT2D eigenvalue weighted by atomic mass is 10.0. The van der Waals surface area contributed by atoms with Gasteiger partial charge in [-0.15, -0.1) is 0 Å². The summed E-state index contributed by atoms with van der Waals surface area (Å²) in [6, 6.07) is 14.4. The molecule has 1 aliphatic rings. The average molecular weight is 458 g/mol. The van der Waals surface area contributed by atoms with E-state index in [1.165, 1.54) is 11.1 Å². The molecule has 178 valence electrons. The summed E-state index contributed by atoms with van der Waals surface area (Å²) in [6.45, 7) is 15.4. The summed E-state index contributed by atoms with van der Waals surface area (Å²) in [5, 5.41) is 3.12. The molecule has 2 aromatic carbocycles. The minimum Gasteiger partial charge on any atom is -0.353 e. The Morgan fingerprint density at radius 2 is 1.56 bits per heavy atom. The molecule has 1 N–H and O–H groups in total. The summed E-state index contributed by atoms with van der Waals surface area (Å²) < 4.78 is 0. The fourth-order valence-corrected chi connectivity index (χ4v) is 4.72. The molecular weight excluding hydrogens is 422 g/mol.